The van der Waals surface area contributed by atoms with E-state index >= 15 is 0 Å². The lowest BCUT2D eigenvalue weighted by Gasteiger charge is -2.20. The molecule has 1 aromatic carbocycles. The standard InChI is InChI=1S/C18H29N3O2.HI/c1-22-15-10-11-17(23-2)16(13-15)21-18(19)20-12-6-9-14-7-4-3-5-8-14;/h10-11,13-14H,3-9,12H2,1-2H3,(H3,19,20,21);1H. The van der Waals surface area contributed by atoms with Gasteiger partial charge in [0, 0.05) is 12.6 Å². The van der Waals surface area contributed by atoms with E-state index in [1.807, 2.05) is 18.2 Å². The molecular formula is C18H30IN3O2. The zero-order valence-electron chi connectivity index (χ0n) is 14.7. The number of hydrogen-bond donors (Lipinski definition) is 2. The van der Waals surface area contributed by atoms with Crippen LogP contribution in [0.25, 0.3) is 0 Å². The predicted molar refractivity (Wildman–Crippen MR) is 111 cm³/mol. The summed E-state index contributed by atoms with van der Waals surface area (Å²) in [5, 5.41) is 3.10. The molecule has 0 radical (unpaired) electrons. The van der Waals surface area contributed by atoms with E-state index in [2.05, 4.69) is 10.3 Å². The summed E-state index contributed by atoms with van der Waals surface area (Å²) in [4.78, 5) is 4.42. The molecule has 0 saturated heterocycles. The molecular weight excluding hydrogens is 417 g/mol. The number of guanidine groups is 1. The van der Waals surface area contributed by atoms with Gasteiger partial charge in [-0.05, 0) is 30.9 Å². The van der Waals surface area contributed by atoms with E-state index < -0.39 is 0 Å². The first-order valence-electron chi connectivity index (χ1n) is 8.52. The molecule has 0 atom stereocenters. The van der Waals surface area contributed by atoms with Crippen LogP contribution < -0.4 is 20.5 Å². The monoisotopic (exact) mass is 447 g/mol. The highest BCUT2D eigenvalue weighted by atomic mass is 127. The van der Waals surface area contributed by atoms with Gasteiger partial charge in [-0.15, -0.1) is 24.0 Å². The third kappa shape index (κ3) is 6.75. The van der Waals surface area contributed by atoms with Gasteiger partial charge in [-0.2, -0.15) is 0 Å². The second-order valence-electron chi connectivity index (χ2n) is 6.10. The van der Waals surface area contributed by atoms with Crippen molar-refractivity contribution in [3.05, 3.63) is 18.2 Å². The van der Waals surface area contributed by atoms with Gasteiger partial charge in [-0.3, -0.25) is 4.99 Å². The molecule has 1 aliphatic rings. The summed E-state index contributed by atoms with van der Waals surface area (Å²) in [7, 11) is 3.26. The summed E-state index contributed by atoms with van der Waals surface area (Å²) >= 11 is 0. The van der Waals surface area contributed by atoms with Crippen LogP contribution >= 0.6 is 24.0 Å². The van der Waals surface area contributed by atoms with Crippen LogP contribution in [0.5, 0.6) is 11.5 Å². The molecule has 6 heteroatoms. The van der Waals surface area contributed by atoms with Crippen LogP contribution in [0.15, 0.2) is 23.2 Å². The van der Waals surface area contributed by atoms with Crippen LogP contribution in [0.4, 0.5) is 5.69 Å². The van der Waals surface area contributed by atoms with Gasteiger partial charge >= 0.3 is 0 Å². The highest BCUT2D eigenvalue weighted by Crippen LogP contribution is 2.29. The lowest BCUT2D eigenvalue weighted by atomic mass is 9.86. The molecule has 0 amide bonds. The summed E-state index contributed by atoms with van der Waals surface area (Å²) in [6, 6.07) is 5.54. The molecule has 0 unspecified atom stereocenters. The zero-order chi connectivity index (χ0) is 16.5. The van der Waals surface area contributed by atoms with Gasteiger partial charge in [-0.25, -0.2) is 0 Å². The van der Waals surface area contributed by atoms with Crippen molar-refractivity contribution in [2.24, 2.45) is 16.6 Å². The lowest BCUT2D eigenvalue weighted by molar-refractivity contribution is 0.334. The van der Waals surface area contributed by atoms with Crippen molar-refractivity contribution in [1.82, 2.24) is 0 Å². The quantitative estimate of drug-likeness (QED) is 0.281. The summed E-state index contributed by atoms with van der Waals surface area (Å²) in [5.41, 5.74) is 6.75. The second-order valence-corrected chi connectivity index (χ2v) is 6.10. The van der Waals surface area contributed by atoms with Gasteiger partial charge in [0.05, 0.1) is 19.9 Å². The van der Waals surface area contributed by atoms with E-state index in [1.165, 1.54) is 38.5 Å². The van der Waals surface area contributed by atoms with Crippen LogP contribution in [-0.2, 0) is 0 Å². The average molecular weight is 447 g/mol. The normalized spacial score (nSPS) is 15.5. The van der Waals surface area contributed by atoms with E-state index in [0.29, 0.717) is 11.7 Å². The number of benzene rings is 1. The van der Waals surface area contributed by atoms with Crippen LogP contribution in [0.1, 0.15) is 44.9 Å². The number of aliphatic imine (C=N–C) groups is 1. The van der Waals surface area contributed by atoms with E-state index in [9.17, 15) is 0 Å². The molecule has 1 aliphatic carbocycles. The van der Waals surface area contributed by atoms with Crippen LogP contribution in [0.3, 0.4) is 0 Å². The Morgan fingerprint density at radius 1 is 1.21 bits per heavy atom. The Labute approximate surface area is 162 Å². The summed E-state index contributed by atoms with van der Waals surface area (Å²) < 4.78 is 10.5. The molecule has 0 bridgehead atoms. The maximum absolute atomic E-state index is 5.98. The Morgan fingerprint density at radius 3 is 2.62 bits per heavy atom. The molecule has 136 valence electrons. The van der Waals surface area contributed by atoms with E-state index in [-0.39, 0.29) is 24.0 Å². The van der Waals surface area contributed by atoms with Gasteiger partial charge in [-0.1, -0.05) is 32.1 Å². The number of nitrogens with zero attached hydrogens (tertiary/aromatic N) is 1. The first-order valence-corrected chi connectivity index (χ1v) is 8.52. The molecule has 0 spiro atoms. The van der Waals surface area contributed by atoms with Crippen LogP contribution in [0.2, 0.25) is 0 Å². The molecule has 1 aromatic rings. The Hall–Kier alpha value is -1.18. The second kappa shape index (κ2) is 11.4. The number of halogens is 1. The Bertz CT molecular complexity index is 517. The fourth-order valence-electron chi connectivity index (χ4n) is 3.14. The van der Waals surface area contributed by atoms with Crippen molar-refractivity contribution >= 4 is 35.6 Å². The van der Waals surface area contributed by atoms with Crippen molar-refractivity contribution in [1.29, 1.82) is 0 Å². The lowest BCUT2D eigenvalue weighted by Crippen LogP contribution is -2.23. The third-order valence-electron chi connectivity index (χ3n) is 4.45. The van der Waals surface area contributed by atoms with Crippen molar-refractivity contribution in [3.63, 3.8) is 0 Å². The zero-order valence-corrected chi connectivity index (χ0v) is 17.0. The SMILES string of the molecule is COc1ccc(OC)c(NC(N)=NCCCC2CCCCC2)c1.I. The molecule has 24 heavy (non-hydrogen) atoms. The Balaban J connectivity index is 0.00000288. The summed E-state index contributed by atoms with van der Waals surface area (Å²) in [6.07, 6.45) is 9.34. The van der Waals surface area contributed by atoms with E-state index in [0.717, 1.165) is 30.3 Å². The minimum atomic E-state index is 0. The fourth-order valence-corrected chi connectivity index (χ4v) is 3.14. The van der Waals surface area contributed by atoms with Gasteiger partial charge in [0.1, 0.15) is 11.5 Å². The smallest absolute Gasteiger partial charge is 0.193 e. The minimum Gasteiger partial charge on any atom is -0.497 e. The number of ether oxygens (including phenoxy) is 2. The van der Waals surface area contributed by atoms with Gasteiger partial charge in [0.25, 0.3) is 0 Å². The highest BCUT2D eigenvalue weighted by Gasteiger charge is 2.12. The van der Waals surface area contributed by atoms with Crippen molar-refractivity contribution < 1.29 is 9.47 Å². The first-order chi connectivity index (χ1) is 11.2. The maximum atomic E-state index is 5.98. The number of nitrogens with one attached hydrogen (secondary N) is 1. The number of methoxy groups -OCH3 is 2. The number of nitrogens with two attached hydrogens (primary N) is 1. The Morgan fingerprint density at radius 2 is 1.96 bits per heavy atom. The van der Waals surface area contributed by atoms with Crippen molar-refractivity contribution in [2.45, 2.75) is 44.9 Å². The number of anilines is 1. The largest absolute Gasteiger partial charge is 0.497 e. The first kappa shape index (κ1) is 20.9. The van der Waals surface area contributed by atoms with Crippen LogP contribution in [0, 0.1) is 5.92 Å². The topological polar surface area (TPSA) is 68.9 Å². The third-order valence-corrected chi connectivity index (χ3v) is 4.45. The molecule has 0 aliphatic heterocycles. The number of hydrogen-bond acceptors (Lipinski definition) is 3. The average Bonchev–Trinajstić information content (AvgIpc) is 2.59. The van der Waals surface area contributed by atoms with E-state index in [4.69, 9.17) is 15.2 Å². The van der Waals surface area contributed by atoms with Gasteiger partial charge in [0.2, 0.25) is 0 Å². The molecule has 0 heterocycles. The van der Waals surface area contributed by atoms with Crippen molar-refractivity contribution in [2.75, 3.05) is 26.1 Å². The van der Waals surface area contributed by atoms with Gasteiger partial charge < -0.3 is 20.5 Å². The molecule has 3 N–H and O–H groups in total. The van der Waals surface area contributed by atoms with Gasteiger partial charge in [0.15, 0.2) is 5.96 Å². The molecule has 1 saturated carbocycles. The maximum Gasteiger partial charge on any atom is 0.193 e. The van der Waals surface area contributed by atoms with Crippen molar-refractivity contribution in [3.8, 4) is 11.5 Å². The molecule has 5 nitrogen and oxygen atoms in total. The molecule has 1 fully saturated rings. The highest BCUT2D eigenvalue weighted by molar-refractivity contribution is 14.0. The predicted octanol–water partition coefficient (Wildman–Crippen LogP) is 4.41. The number of rotatable bonds is 7. The summed E-state index contributed by atoms with van der Waals surface area (Å²) in [6.45, 7) is 0.765. The van der Waals surface area contributed by atoms with E-state index in [1.54, 1.807) is 14.2 Å². The molecule has 0 aromatic heterocycles. The Kier molecular flexibility index (Phi) is 9.90. The molecule has 2 rings (SSSR count). The van der Waals surface area contributed by atoms with Crippen LogP contribution in [-0.4, -0.2) is 26.7 Å². The summed E-state index contributed by atoms with van der Waals surface area (Å²) in [5.74, 6) is 2.77. The fraction of sp³-hybridized carbons (Fsp3) is 0.611. The minimum absolute atomic E-state index is 0.